The van der Waals surface area contributed by atoms with Crippen molar-refractivity contribution >= 4 is 16.8 Å². The second-order valence-corrected chi connectivity index (χ2v) is 4.76. The number of carbonyl (C=O) groups is 1. The highest BCUT2D eigenvalue weighted by atomic mass is 16.2. The Kier molecular flexibility index (Phi) is 4.58. The molecule has 1 heterocycles. The number of carbonyl (C=O) groups excluding carboxylic acids is 1. The highest BCUT2D eigenvalue weighted by Crippen LogP contribution is 2.18. The van der Waals surface area contributed by atoms with Crippen LogP contribution in [0.25, 0.3) is 10.9 Å². The van der Waals surface area contributed by atoms with Gasteiger partial charge in [0.2, 0.25) is 0 Å². The number of aliphatic hydroxyl groups is 1. The van der Waals surface area contributed by atoms with E-state index in [0.717, 1.165) is 36.7 Å². The van der Waals surface area contributed by atoms with Crippen LogP contribution in [0.2, 0.25) is 0 Å². The van der Waals surface area contributed by atoms with Crippen LogP contribution in [0, 0.1) is 0 Å². The zero-order valence-corrected chi connectivity index (χ0v) is 11.2. The number of hydrogen-bond donors (Lipinski definition) is 2. The predicted octanol–water partition coefficient (Wildman–Crippen LogP) is 2.40. The lowest BCUT2D eigenvalue weighted by Gasteiger charge is -2.17. The quantitative estimate of drug-likeness (QED) is 0.784. The molecule has 0 fully saturated rings. The van der Waals surface area contributed by atoms with Gasteiger partial charge < -0.3 is 15.0 Å². The van der Waals surface area contributed by atoms with Crippen LogP contribution in [-0.2, 0) is 0 Å². The molecule has 102 valence electrons. The number of H-pyrrole nitrogens is 1. The number of benzene rings is 1. The number of unbranched alkanes of at least 4 members (excludes halogenated alkanes) is 2. The van der Waals surface area contributed by atoms with E-state index in [1.54, 1.807) is 4.90 Å². The number of nitrogens with one attached hydrogen (secondary N) is 1. The lowest BCUT2D eigenvalue weighted by Crippen LogP contribution is -2.28. The molecule has 0 saturated carbocycles. The Bertz CT molecular complexity index is 548. The fourth-order valence-corrected chi connectivity index (χ4v) is 2.21. The van der Waals surface area contributed by atoms with Gasteiger partial charge in [0.15, 0.2) is 0 Å². The summed E-state index contributed by atoms with van der Waals surface area (Å²) in [6.45, 7) is 0.940. The Labute approximate surface area is 113 Å². The van der Waals surface area contributed by atoms with Gasteiger partial charge >= 0.3 is 0 Å². The minimum atomic E-state index is 0.0389. The summed E-state index contributed by atoms with van der Waals surface area (Å²) < 4.78 is 0. The zero-order valence-electron chi connectivity index (χ0n) is 11.2. The number of para-hydroxylation sites is 1. The first-order chi connectivity index (χ1) is 9.24. The predicted molar refractivity (Wildman–Crippen MR) is 76.2 cm³/mol. The molecule has 2 N–H and O–H groups in total. The van der Waals surface area contributed by atoms with E-state index in [4.69, 9.17) is 5.11 Å². The van der Waals surface area contributed by atoms with E-state index in [2.05, 4.69) is 4.98 Å². The maximum atomic E-state index is 12.4. The average molecular weight is 260 g/mol. The number of amides is 1. The van der Waals surface area contributed by atoms with E-state index in [1.165, 1.54) is 0 Å². The number of aromatic amines is 1. The normalized spacial score (nSPS) is 10.8. The van der Waals surface area contributed by atoms with Crippen molar-refractivity contribution in [1.29, 1.82) is 0 Å². The standard InChI is InChI=1S/C15H20N2O2/c1-17(10-3-2-4-11-18)15(19)13-7-5-6-12-8-9-16-14(12)13/h5-9,16,18H,2-4,10-11H2,1H3. The van der Waals surface area contributed by atoms with Crippen molar-refractivity contribution < 1.29 is 9.90 Å². The summed E-state index contributed by atoms with van der Waals surface area (Å²) in [5.74, 6) is 0.0389. The van der Waals surface area contributed by atoms with Crippen molar-refractivity contribution in [2.24, 2.45) is 0 Å². The number of fused-ring (bicyclic) bond motifs is 1. The SMILES string of the molecule is CN(CCCCCO)C(=O)c1cccc2cc[nH]c12. The minimum Gasteiger partial charge on any atom is -0.396 e. The van der Waals surface area contributed by atoms with E-state index in [1.807, 2.05) is 37.5 Å². The zero-order chi connectivity index (χ0) is 13.7. The van der Waals surface area contributed by atoms with Crippen molar-refractivity contribution in [3.63, 3.8) is 0 Å². The van der Waals surface area contributed by atoms with Crippen molar-refractivity contribution in [2.45, 2.75) is 19.3 Å². The molecule has 0 atom stereocenters. The number of rotatable bonds is 6. The van der Waals surface area contributed by atoms with Crippen LogP contribution in [0.15, 0.2) is 30.5 Å². The second-order valence-electron chi connectivity index (χ2n) is 4.76. The molecule has 0 aliphatic heterocycles. The molecule has 1 aromatic heterocycles. The molecule has 0 radical (unpaired) electrons. The topological polar surface area (TPSA) is 56.3 Å². The third-order valence-corrected chi connectivity index (χ3v) is 3.32. The van der Waals surface area contributed by atoms with Gasteiger partial charge in [0, 0.05) is 31.8 Å². The van der Waals surface area contributed by atoms with Gasteiger partial charge in [-0.1, -0.05) is 12.1 Å². The summed E-state index contributed by atoms with van der Waals surface area (Å²) in [5, 5.41) is 9.78. The molecule has 0 saturated heterocycles. The van der Waals surface area contributed by atoms with Crippen LogP contribution in [-0.4, -0.2) is 41.1 Å². The van der Waals surface area contributed by atoms with Gasteiger partial charge in [-0.2, -0.15) is 0 Å². The first-order valence-electron chi connectivity index (χ1n) is 6.66. The molecule has 0 spiro atoms. The summed E-state index contributed by atoms with van der Waals surface area (Å²) in [7, 11) is 1.82. The Hall–Kier alpha value is -1.81. The van der Waals surface area contributed by atoms with Crippen LogP contribution >= 0.6 is 0 Å². The first-order valence-corrected chi connectivity index (χ1v) is 6.66. The van der Waals surface area contributed by atoms with Crippen LogP contribution in [0.4, 0.5) is 0 Å². The first kappa shape index (κ1) is 13.6. The molecule has 4 heteroatoms. The van der Waals surface area contributed by atoms with Gasteiger partial charge in [0.25, 0.3) is 5.91 Å². The van der Waals surface area contributed by atoms with Gasteiger partial charge in [-0.05, 0) is 31.4 Å². The average Bonchev–Trinajstić information content (AvgIpc) is 2.90. The number of aromatic nitrogens is 1. The molecular formula is C15H20N2O2. The molecule has 1 amide bonds. The Morgan fingerprint density at radius 3 is 2.89 bits per heavy atom. The maximum absolute atomic E-state index is 12.4. The highest BCUT2D eigenvalue weighted by Gasteiger charge is 2.14. The smallest absolute Gasteiger partial charge is 0.255 e. The molecule has 0 unspecified atom stereocenters. The summed E-state index contributed by atoms with van der Waals surface area (Å²) in [4.78, 5) is 17.2. The maximum Gasteiger partial charge on any atom is 0.255 e. The minimum absolute atomic E-state index is 0.0389. The second kappa shape index (κ2) is 6.38. The van der Waals surface area contributed by atoms with E-state index >= 15 is 0 Å². The number of aliphatic hydroxyl groups excluding tert-OH is 1. The van der Waals surface area contributed by atoms with Gasteiger partial charge in [0.05, 0.1) is 11.1 Å². The third kappa shape index (κ3) is 3.15. The van der Waals surface area contributed by atoms with E-state index in [0.29, 0.717) is 5.56 Å². The molecule has 0 aliphatic rings. The molecule has 2 rings (SSSR count). The monoisotopic (exact) mass is 260 g/mol. The fraction of sp³-hybridized carbons (Fsp3) is 0.400. The molecule has 4 nitrogen and oxygen atoms in total. The van der Waals surface area contributed by atoms with E-state index in [9.17, 15) is 4.79 Å². The van der Waals surface area contributed by atoms with Crippen LogP contribution < -0.4 is 0 Å². The van der Waals surface area contributed by atoms with E-state index < -0.39 is 0 Å². The van der Waals surface area contributed by atoms with Gasteiger partial charge in [-0.25, -0.2) is 0 Å². The lowest BCUT2D eigenvalue weighted by molar-refractivity contribution is 0.0794. The highest BCUT2D eigenvalue weighted by molar-refractivity contribution is 6.05. The summed E-state index contributed by atoms with van der Waals surface area (Å²) >= 11 is 0. The van der Waals surface area contributed by atoms with Crippen LogP contribution in [0.5, 0.6) is 0 Å². The molecule has 19 heavy (non-hydrogen) atoms. The number of hydrogen-bond acceptors (Lipinski definition) is 2. The lowest BCUT2D eigenvalue weighted by atomic mass is 10.1. The molecule has 0 aliphatic carbocycles. The summed E-state index contributed by atoms with van der Waals surface area (Å²) in [6.07, 6.45) is 4.52. The van der Waals surface area contributed by atoms with Crippen molar-refractivity contribution in [2.75, 3.05) is 20.2 Å². The molecule has 1 aromatic carbocycles. The summed E-state index contributed by atoms with van der Waals surface area (Å²) in [6, 6.07) is 7.71. The van der Waals surface area contributed by atoms with Crippen LogP contribution in [0.1, 0.15) is 29.6 Å². The van der Waals surface area contributed by atoms with Crippen LogP contribution in [0.3, 0.4) is 0 Å². The largest absolute Gasteiger partial charge is 0.396 e. The van der Waals surface area contributed by atoms with Crippen molar-refractivity contribution in [1.82, 2.24) is 9.88 Å². The molecule has 2 aromatic rings. The van der Waals surface area contributed by atoms with Gasteiger partial charge in [-0.15, -0.1) is 0 Å². The van der Waals surface area contributed by atoms with Crippen molar-refractivity contribution in [3.05, 3.63) is 36.0 Å². The Morgan fingerprint density at radius 2 is 2.11 bits per heavy atom. The summed E-state index contributed by atoms with van der Waals surface area (Å²) in [5.41, 5.74) is 1.61. The van der Waals surface area contributed by atoms with E-state index in [-0.39, 0.29) is 12.5 Å². The van der Waals surface area contributed by atoms with Gasteiger partial charge in [-0.3, -0.25) is 4.79 Å². The molecular weight excluding hydrogens is 240 g/mol. The fourth-order valence-electron chi connectivity index (χ4n) is 2.21. The number of nitrogens with zero attached hydrogens (tertiary/aromatic N) is 1. The third-order valence-electron chi connectivity index (χ3n) is 3.32. The van der Waals surface area contributed by atoms with Gasteiger partial charge in [0.1, 0.15) is 0 Å². The molecule has 0 bridgehead atoms. The Morgan fingerprint density at radius 1 is 1.26 bits per heavy atom. The van der Waals surface area contributed by atoms with Crippen molar-refractivity contribution in [3.8, 4) is 0 Å². The Balaban J connectivity index is 2.04.